The van der Waals surface area contributed by atoms with E-state index < -0.39 is 10.0 Å². The van der Waals surface area contributed by atoms with Crippen molar-refractivity contribution in [2.24, 2.45) is 11.3 Å². The van der Waals surface area contributed by atoms with E-state index >= 15 is 0 Å². The third-order valence-electron chi connectivity index (χ3n) is 3.73. The van der Waals surface area contributed by atoms with Gasteiger partial charge in [0.15, 0.2) is 0 Å². The summed E-state index contributed by atoms with van der Waals surface area (Å²) < 4.78 is 28.4. The lowest BCUT2D eigenvalue weighted by atomic mass is 9.81. The summed E-state index contributed by atoms with van der Waals surface area (Å²) in [5, 5.41) is 2.98. The number of pyridine rings is 1. The van der Waals surface area contributed by atoms with E-state index in [1.165, 1.54) is 0 Å². The number of nitrogens with one attached hydrogen (secondary N) is 2. The van der Waals surface area contributed by atoms with Crippen molar-refractivity contribution < 1.29 is 8.42 Å². The Kier molecular flexibility index (Phi) is 6.19. The largest absolute Gasteiger partial charge is 0.369 e. The van der Waals surface area contributed by atoms with Crippen molar-refractivity contribution in [2.75, 3.05) is 18.4 Å². The van der Waals surface area contributed by atoms with E-state index in [0.717, 1.165) is 0 Å². The lowest BCUT2D eigenvalue weighted by Gasteiger charge is -2.29. The van der Waals surface area contributed by atoms with Crippen molar-refractivity contribution in [1.29, 1.82) is 0 Å². The Balaban J connectivity index is 3.05. The highest BCUT2D eigenvalue weighted by molar-refractivity contribution is 9.10. The van der Waals surface area contributed by atoms with Crippen LogP contribution in [0.1, 0.15) is 34.6 Å². The van der Waals surface area contributed by atoms with Crippen LogP contribution in [0.3, 0.4) is 0 Å². The molecule has 0 fully saturated rings. The summed E-state index contributed by atoms with van der Waals surface area (Å²) in [4.78, 5) is 4.30. The number of aromatic nitrogens is 1. The molecular formula is C14H24BrN3O2S. The third kappa shape index (κ3) is 4.93. The molecule has 1 aromatic heterocycles. The van der Waals surface area contributed by atoms with Crippen molar-refractivity contribution in [1.82, 2.24) is 9.71 Å². The first kappa shape index (κ1) is 18.4. The van der Waals surface area contributed by atoms with Gasteiger partial charge in [-0.3, -0.25) is 0 Å². The van der Waals surface area contributed by atoms with E-state index in [2.05, 4.69) is 44.8 Å². The monoisotopic (exact) mass is 377 g/mol. The van der Waals surface area contributed by atoms with Gasteiger partial charge in [0.2, 0.25) is 10.0 Å². The maximum absolute atomic E-state index is 12.5. The predicted molar refractivity (Wildman–Crippen MR) is 89.9 cm³/mol. The maximum atomic E-state index is 12.5. The van der Waals surface area contributed by atoms with Gasteiger partial charge in [0.1, 0.15) is 10.7 Å². The van der Waals surface area contributed by atoms with Crippen LogP contribution >= 0.6 is 15.9 Å². The Morgan fingerprint density at radius 1 is 1.38 bits per heavy atom. The highest BCUT2D eigenvalue weighted by atomic mass is 79.9. The van der Waals surface area contributed by atoms with Crippen LogP contribution in [0.4, 0.5) is 5.82 Å². The Morgan fingerprint density at radius 2 is 2.00 bits per heavy atom. The number of hydrogen-bond donors (Lipinski definition) is 2. The molecule has 7 heteroatoms. The Bertz CT molecular complexity index is 586. The molecule has 0 unspecified atom stereocenters. The summed E-state index contributed by atoms with van der Waals surface area (Å²) in [7, 11) is -3.61. The van der Waals surface area contributed by atoms with Crippen molar-refractivity contribution in [3.8, 4) is 0 Å². The molecule has 1 aromatic rings. The molecule has 2 N–H and O–H groups in total. The molecule has 120 valence electrons. The van der Waals surface area contributed by atoms with Crippen molar-refractivity contribution in [3.63, 3.8) is 0 Å². The van der Waals surface area contributed by atoms with E-state index in [4.69, 9.17) is 0 Å². The number of hydrogen-bond acceptors (Lipinski definition) is 4. The molecular weight excluding hydrogens is 354 g/mol. The fourth-order valence-electron chi connectivity index (χ4n) is 1.49. The van der Waals surface area contributed by atoms with Gasteiger partial charge in [-0.1, -0.05) is 27.7 Å². The fraction of sp³-hybridized carbons (Fsp3) is 0.643. The summed E-state index contributed by atoms with van der Waals surface area (Å²) in [6.45, 7) is 11.1. The summed E-state index contributed by atoms with van der Waals surface area (Å²) in [5.74, 6) is 0.740. The molecule has 0 saturated heterocycles. The fourth-order valence-corrected chi connectivity index (χ4v) is 3.35. The smallest absolute Gasteiger partial charge is 0.244 e. The highest BCUT2D eigenvalue weighted by Crippen LogP contribution is 2.27. The van der Waals surface area contributed by atoms with Crippen LogP contribution in [0.5, 0.6) is 0 Å². The summed E-state index contributed by atoms with van der Waals surface area (Å²) >= 11 is 3.27. The molecule has 0 saturated carbocycles. The average Bonchev–Trinajstić information content (AvgIpc) is 2.39. The van der Waals surface area contributed by atoms with Gasteiger partial charge < -0.3 is 5.32 Å². The summed E-state index contributed by atoms with van der Waals surface area (Å²) in [6, 6.07) is 1.57. The van der Waals surface area contributed by atoms with Gasteiger partial charge in [-0.05, 0) is 40.3 Å². The Labute approximate surface area is 136 Å². The quantitative estimate of drug-likeness (QED) is 0.764. The van der Waals surface area contributed by atoms with Crippen LogP contribution in [0.15, 0.2) is 21.6 Å². The lowest BCUT2D eigenvalue weighted by molar-refractivity contribution is 0.252. The van der Waals surface area contributed by atoms with Crippen LogP contribution < -0.4 is 10.0 Å². The molecule has 0 radical (unpaired) electrons. The normalized spacial score (nSPS) is 12.7. The maximum Gasteiger partial charge on any atom is 0.244 e. The Hall–Kier alpha value is -0.660. The average molecular weight is 378 g/mol. The molecule has 1 rings (SSSR count). The van der Waals surface area contributed by atoms with Crippen molar-refractivity contribution in [3.05, 3.63) is 16.7 Å². The van der Waals surface area contributed by atoms with Gasteiger partial charge in [0.25, 0.3) is 0 Å². The minimum absolute atomic E-state index is 0.120. The first-order chi connectivity index (χ1) is 9.60. The van der Waals surface area contributed by atoms with Crippen molar-refractivity contribution in [2.45, 2.75) is 39.5 Å². The van der Waals surface area contributed by atoms with Crippen LogP contribution in [-0.2, 0) is 10.0 Å². The van der Waals surface area contributed by atoms with Crippen LogP contribution in [0, 0.1) is 11.3 Å². The second-order valence-corrected chi connectivity index (χ2v) is 8.65. The molecule has 0 spiro atoms. The Morgan fingerprint density at radius 3 is 2.52 bits per heavy atom. The molecule has 0 bridgehead atoms. The first-order valence-electron chi connectivity index (χ1n) is 6.99. The number of rotatable bonds is 7. The second kappa shape index (κ2) is 7.07. The van der Waals surface area contributed by atoms with E-state index in [0.29, 0.717) is 29.3 Å². The number of sulfonamides is 1. The summed E-state index contributed by atoms with van der Waals surface area (Å²) in [5.41, 5.74) is -0.120. The minimum Gasteiger partial charge on any atom is -0.369 e. The predicted octanol–water partition coefficient (Wildman–Crippen LogP) is 3.24. The van der Waals surface area contributed by atoms with Gasteiger partial charge in [0.05, 0.1) is 0 Å². The van der Waals surface area contributed by atoms with Gasteiger partial charge in [-0.2, -0.15) is 0 Å². The molecule has 0 aliphatic rings. The van der Waals surface area contributed by atoms with E-state index in [-0.39, 0.29) is 10.3 Å². The van der Waals surface area contributed by atoms with Gasteiger partial charge in [-0.25, -0.2) is 18.1 Å². The summed E-state index contributed by atoms with van der Waals surface area (Å²) in [6.07, 6.45) is 1.58. The number of anilines is 1. The molecule has 0 aliphatic heterocycles. The molecule has 0 aromatic carbocycles. The number of halogens is 1. The second-order valence-electron chi connectivity index (χ2n) is 6.00. The van der Waals surface area contributed by atoms with E-state index in [9.17, 15) is 8.42 Å². The zero-order valence-corrected chi connectivity index (χ0v) is 15.6. The van der Waals surface area contributed by atoms with Crippen LogP contribution in [0.25, 0.3) is 0 Å². The number of nitrogens with zero attached hydrogens (tertiary/aromatic N) is 1. The lowest BCUT2D eigenvalue weighted by Crippen LogP contribution is -2.37. The molecule has 0 amide bonds. The molecule has 1 heterocycles. The van der Waals surface area contributed by atoms with Crippen LogP contribution in [-0.4, -0.2) is 26.5 Å². The SMILES string of the molecule is CCNc1ncc(Br)cc1S(=O)(=O)NCC(C)(C)C(C)C. The standard InChI is InChI=1S/C14H24BrN3O2S/c1-6-16-13-12(7-11(15)8-17-13)21(19,20)18-9-14(4,5)10(2)3/h7-8,10,18H,6,9H2,1-5H3,(H,16,17). The molecule has 21 heavy (non-hydrogen) atoms. The topological polar surface area (TPSA) is 71.1 Å². The van der Waals surface area contributed by atoms with Gasteiger partial charge in [0, 0.05) is 23.8 Å². The zero-order chi connectivity index (χ0) is 16.3. The minimum atomic E-state index is -3.61. The van der Waals surface area contributed by atoms with Gasteiger partial charge in [-0.15, -0.1) is 0 Å². The van der Waals surface area contributed by atoms with E-state index in [1.54, 1.807) is 12.3 Å². The molecule has 0 atom stereocenters. The highest BCUT2D eigenvalue weighted by Gasteiger charge is 2.27. The third-order valence-corrected chi connectivity index (χ3v) is 5.58. The zero-order valence-electron chi connectivity index (χ0n) is 13.2. The van der Waals surface area contributed by atoms with Gasteiger partial charge >= 0.3 is 0 Å². The van der Waals surface area contributed by atoms with E-state index in [1.807, 2.05) is 20.8 Å². The molecule has 0 aliphatic carbocycles. The molecule has 5 nitrogen and oxygen atoms in total. The first-order valence-corrected chi connectivity index (χ1v) is 9.27. The van der Waals surface area contributed by atoms with Crippen LogP contribution in [0.2, 0.25) is 0 Å². The van der Waals surface area contributed by atoms with Crippen molar-refractivity contribution >= 4 is 31.8 Å².